The molecule has 0 radical (unpaired) electrons. The summed E-state index contributed by atoms with van der Waals surface area (Å²) in [6.45, 7) is 2.27. The molecule has 0 saturated carbocycles. The number of carbonyl (C=O) groups excluding carboxylic acids is 1. The highest BCUT2D eigenvalue weighted by Gasteiger charge is 2.34. The molecule has 1 fully saturated rings. The van der Waals surface area contributed by atoms with Crippen LogP contribution in [0, 0.1) is 12.8 Å². The van der Waals surface area contributed by atoms with Gasteiger partial charge in [-0.2, -0.15) is 9.40 Å². The summed E-state index contributed by atoms with van der Waals surface area (Å²) in [7, 11) is -1.94. The molecule has 0 aromatic carbocycles. The summed E-state index contributed by atoms with van der Waals surface area (Å²) in [6, 6.07) is 4.77. The number of piperidine rings is 1. The van der Waals surface area contributed by atoms with Gasteiger partial charge in [0.2, 0.25) is 5.91 Å². The second kappa shape index (κ2) is 8.10. The Kier molecular flexibility index (Phi) is 5.66. The lowest BCUT2D eigenvalue weighted by Crippen LogP contribution is -2.43. The molecule has 1 amide bonds. The third-order valence-corrected chi connectivity index (χ3v) is 8.34. The third-order valence-electron chi connectivity index (χ3n) is 4.77. The van der Waals surface area contributed by atoms with Gasteiger partial charge < -0.3 is 4.42 Å². The van der Waals surface area contributed by atoms with E-state index in [2.05, 4.69) is 20.6 Å². The van der Waals surface area contributed by atoms with Crippen LogP contribution in [0.15, 0.2) is 26.8 Å². The Bertz CT molecular complexity index is 1180. The summed E-state index contributed by atoms with van der Waals surface area (Å²) in [5.41, 5.74) is 1.43. The third kappa shape index (κ3) is 4.13. The summed E-state index contributed by atoms with van der Waals surface area (Å²) in [5, 5.41) is 14.6. The van der Waals surface area contributed by atoms with Crippen molar-refractivity contribution in [2.75, 3.05) is 18.4 Å². The van der Waals surface area contributed by atoms with E-state index in [1.165, 1.54) is 10.4 Å². The number of amides is 1. The molecular weight excluding hydrogens is 452 g/mol. The van der Waals surface area contributed by atoms with Crippen LogP contribution in [-0.2, 0) is 21.9 Å². The van der Waals surface area contributed by atoms with Crippen LogP contribution in [0.4, 0.5) is 6.01 Å². The first kappa shape index (κ1) is 21.0. The Hall–Kier alpha value is -2.28. The Balaban J connectivity index is 1.44. The topological polar surface area (TPSA) is 123 Å². The molecule has 0 aliphatic carbocycles. The Morgan fingerprint density at radius 1 is 1.37 bits per heavy atom. The molecule has 1 aliphatic rings. The van der Waals surface area contributed by atoms with E-state index in [9.17, 15) is 13.2 Å². The predicted molar refractivity (Wildman–Crippen MR) is 111 cm³/mol. The molecule has 1 saturated heterocycles. The molecule has 13 heteroatoms. The van der Waals surface area contributed by atoms with Gasteiger partial charge in [-0.3, -0.25) is 14.8 Å². The van der Waals surface area contributed by atoms with E-state index >= 15 is 0 Å². The Morgan fingerprint density at radius 2 is 2.17 bits per heavy atom. The normalized spacial score (nSPS) is 17.9. The van der Waals surface area contributed by atoms with Gasteiger partial charge in [-0.05, 0) is 38.0 Å². The number of aromatic nitrogens is 4. The number of halogens is 1. The van der Waals surface area contributed by atoms with E-state index in [4.69, 9.17) is 16.0 Å². The monoisotopic (exact) mass is 470 g/mol. The van der Waals surface area contributed by atoms with Crippen LogP contribution in [0.5, 0.6) is 0 Å². The molecule has 3 aromatic heterocycles. The average molecular weight is 471 g/mol. The minimum Gasteiger partial charge on any atom is -0.401 e. The largest absolute Gasteiger partial charge is 0.401 e. The summed E-state index contributed by atoms with van der Waals surface area (Å²) in [4.78, 5) is 12.7. The zero-order chi connectivity index (χ0) is 21.5. The summed E-state index contributed by atoms with van der Waals surface area (Å²) >= 11 is 6.87. The quantitative estimate of drug-likeness (QED) is 0.607. The van der Waals surface area contributed by atoms with Crippen molar-refractivity contribution in [3.8, 4) is 11.6 Å². The number of hydrogen-bond donors (Lipinski definition) is 1. The molecule has 3 aromatic rings. The fraction of sp³-hybridized carbons (Fsp3) is 0.412. The van der Waals surface area contributed by atoms with E-state index in [1.54, 1.807) is 23.9 Å². The average Bonchev–Trinajstić information content (AvgIpc) is 3.42. The number of hydrogen-bond acceptors (Lipinski definition) is 8. The second-order valence-electron chi connectivity index (χ2n) is 6.96. The van der Waals surface area contributed by atoms with Crippen LogP contribution >= 0.6 is 22.9 Å². The molecule has 4 heterocycles. The first-order valence-electron chi connectivity index (χ1n) is 9.15. The fourth-order valence-corrected chi connectivity index (χ4v) is 6.49. The van der Waals surface area contributed by atoms with Gasteiger partial charge in [0.15, 0.2) is 0 Å². The van der Waals surface area contributed by atoms with Gasteiger partial charge in [0, 0.05) is 20.1 Å². The maximum atomic E-state index is 12.8. The highest BCUT2D eigenvalue weighted by molar-refractivity contribution is 7.91. The Labute approximate surface area is 181 Å². The number of anilines is 1. The second-order valence-corrected chi connectivity index (χ2v) is 10.8. The van der Waals surface area contributed by atoms with E-state index in [0.29, 0.717) is 29.4 Å². The van der Waals surface area contributed by atoms with E-state index in [0.717, 1.165) is 17.0 Å². The number of thiophene rings is 1. The molecule has 4 rings (SSSR count). The van der Waals surface area contributed by atoms with Gasteiger partial charge in [-0.1, -0.05) is 16.7 Å². The molecule has 0 spiro atoms. The van der Waals surface area contributed by atoms with Crippen molar-refractivity contribution in [3.63, 3.8) is 0 Å². The van der Waals surface area contributed by atoms with Crippen molar-refractivity contribution in [2.24, 2.45) is 13.0 Å². The van der Waals surface area contributed by atoms with Crippen molar-refractivity contribution in [3.05, 3.63) is 28.2 Å². The maximum absolute atomic E-state index is 12.8. The molecular formula is C17H19ClN6O4S2. The molecule has 1 aliphatic heterocycles. The summed E-state index contributed by atoms with van der Waals surface area (Å²) in [6.07, 6.45) is 1.13. The SMILES string of the molecule is Cc1cc(-c2nnc(NC(=O)C3CCCN(S(=O)(=O)c4ccc(Cl)s4)C3)o2)n(C)n1. The fourth-order valence-electron chi connectivity index (χ4n) is 3.33. The molecule has 1 unspecified atom stereocenters. The van der Waals surface area contributed by atoms with Gasteiger partial charge in [-0.15, -0.1) is 16.4 Å². The van der Waals surface area contributed by atoms with Gasteiger partial charge >= 0.3 is 6.01 Å². The van der Waals surface area contributed by atoms with Crippen LogP contribution < -0.4 is 5.32 Å². The van der Waals surface area contributed by atoms with Gasteiger partial charge in [0.25, 0.3) is 15.9 Å². The number of nitrogens with zero attached hydrogens (tertiary/aromatic N) is 5. The molecule has 1 atom stereocenters. The van der Waals surface area contributed by atoms with Crippen molar-refractivity contribution >= 4 is 44.9 Å². The number of nitrogens with one attached hydrogen (secondary N) is 1. The van der Waals surface area contributed by atoms with Crippen molar-refractivity contribution < 1.29 is 17.6 Å². The molecule has 10 nitrogen and oxygen atoms in total. The zero-order valence-corrected chi connectivity index (χ0v) is 18.6. The first-order valence-corrected chi connectivity index (χ1v) is 11.8. The highest BCUT2D eigenvalue weighted by Crippen LogP contribution is 2.31. The number of sulfonamides is 1. The predicted octanol–water partition coefficient (Wildman–Crippen LogP) is 2.53. The van der Waals surface area contributed by atoms with E-state index < -0.39 is 15.9 Å². The number of aryl methyl sites for hydroxylation is 2. The van der Waals surface area contributed by atoms with Crippen LogP contribution in [-0.4, -0.2) is 51.7 Å². The lowest BCUT2D eigenvalue weighted by Gasteiger charge is -2.30. The number of carbonyl (C=O) groups is 1. The van der Waals surface area contributed by atoms with E-state index in [-0.39, 0.29) is 28.6 Å². The van der Waals surface area contributed by atoms with Gasteiger partial charge in [0.05, 0.1) is 15.9 Å². The van der Waals surface area contributed by atoms with Gasteiger partial charge in [0.1, 0.15) is 9.90 Å². The first-order chi connectivity index (χ1) is 14.2. The molecule has 30 heavy (non-hydrogen) atoms. The van der Waals surface area contributed by atoms with Gasteiger partial charge in [-0.25, -0.2) is 8.42 Å². The van der Waals surface area contributed by atoms with E-state index in [1.807, 2.05) is 6.92 Å². The van der Waals surface area contributed by atoms with Crippen molar-refractivity contribution in [2.45, 2.75) is 24.0 Å². The standard InChI is InChI=1S/C17H19ClN6O4S2/c1-10-8-12(23(2)22-10)16-20-21-17(28-16)19-15(25)11-4-3-7-24(9-11)30(26,27)14-6-5-13(18)29-14/h5-6,8,11H,3-4,7,9H2,1-2H3,(H,19,21,25). The van der Waals surface area contributed by atoms with Crippen molar-refractivity contribution in [1.82, 2.24) is 24.3 Å². The maximum Gasteiger partial charge on any atom is 0.322 e. The molecule has 0 bridgehead atoms. The van der Waals surface area contributed by atoms with Crippen LogP contribution in [0.25, 0.3) is 11.6 Å². The smallest absolute Gasteiger partial charge is 0.322 e. The highest BCUT2D eigenvalue weighted by atomic mass is 35.5. The lowest BCUT2D eigenvalue weighted by molar-refractivity contribution is -0.121. The van der Waals surface area contributed by atoms with Crippen molar-refractivity contribution in [1.29, 1.82) is 0 Å². The van der Waals surface area contributed by atoms with Crippen LogP contribution in [0.2, 0.25) is 4.34 Å². The molecule has 1 N–H and O–H groups in total. The zero-order valence-electron chi connectivity index (χ0n) is 16.2. The summed E-state index contributed by atoms with van der Waals surface area (Å²) in [5.74, 6) is -0.662. The minimum atomic E-state index is -3.69. The van der Waals surface area contributed by atoms with Crippen LogP contribution in [0.1, 0.15) is 18.5 Å². The number of rotatable bonds is 5. The molecule has 160 valence electrons. The lowest BCUT2D eigenvalue weighted by atomic mass is 9.99. The minimum absolute atomic E-state index is 0.0427. The van der Waals surface area contributed by atoms with Crippen LogP contribution in [0.3, 0.4) is 0 Å². The Morgan fingerprint density at radius 3 is 2.83 bits per heavy atom. The summed E-state index contributed by atoms with van der Waals surface area (Å²) < 4.78 is 34.7.